The molecule has 0 spiro atoms. The molecule has 1 atom stereocenters. The SMILES string of the molecule is COc1cc(OC)nc(SC(/C=N/Nc2ccc(Cl)cc2Cl)C(C)C)n1. The van der Waals surface area contributed by atoms with E-state index in [1.165, 1.54) is 11.8 Å². The van der Waals surface area contributed by atoms with Crippen LogP contribution in [0.15, 0.2) is 34.5 Å². The number of hydrogen-bond donors (Lipinski definition) is 1. The van der Waals surface area contributed by atoms with Crippen molar-refractivity contribution in [3.8, 4) is 11.8 Å². The van der Waals surface area contributed by atoms with E-state index in [0.717, 1.165) is 0 Å². The average Bonchev–Trinajstić information content (AvgIpc) is 2.62. The van der Waals surface area contributed by atoms with Crippen LogP contribution in [0.4, 0.5) is 5.69 Å². The fraction of sp³-hybridized carbons (Fsp3) is 0.353. The lowest BCUT2D eigenvalue weighted by Crippen LogP contribution is -2.14. The Morgan fingerprint density at radius 2 is 1.77 bits per heavy atom. The molecule has 26 heavy (non-hydrogen) atoms. The van der Waals surface area contributed by atoms with Crippen LogP contribution < -0.4 is 14.9 Å². The summed E-state index contributed by atoms with van der Waals surface area (Å²) in [6, 6.07) is 6.81. The molecule has 0 saturated carbocycles. The number of hydrogen-bond acceptors (Lipinski definition) is 7. The predicted molar refractivity (Wildman–Crippen MR) is 108 cm³/mol. The summed E-state index contributed by atoms with van der Waals surface area (Å²) in [5, 5.41) is 5.96. The first kappa shape index (κ1) is 20.6. The first-order valence-corrected chi connectivity index (χ1v) is 9.44. The van der Waals surface area contributed by atoms with Crippen LogP contribution in [0.3, 0.4) is 0 Å². The Morgan fingerprint density at radius 3 is 2.31 bits per heavy atom. The van der Waals surface area contributed by atoms with Crippen LogP contribution in [-0.2, 0) is 0 Å². The molecule has 0 aliphatic carbocycles. The quantitative estimate of drug-likeness (QED) is 0.283. The van der Waals surface area contributed by atoms with Gasteiger partial charge in [0, 0.05) is 11.2 Å². The smallest absolute Gasteiger partial charge is 0.220 e. The van der Waals surface area contributed by atoms with Gasteiger partial charge in [0.15, 0.2) is 5.16 Å². The summed E-state index contributed by atoms with van der Waals surface area (Å²) in [7, 11) is 3.11. The third kappa shape index (κ3) is 5.93. The number of aromatic nitrogens is 2. The highest BCUT2D eigenvalue weighted by atomic mass is 35.5. The summed E-state index contributed by atoms with van der Waals surface area (Å²) in [5.74, 6) is 1.20. The number of ether oxygens (including phenoxy) is 2. The second kappa shape index (κ2) is 9.85. The molecule has 0 bridgehead atoms. The minimum absolute atomic E-state index is 0.0328. The standard InChI is InChI=1S/C17H20Cl2N4O2S/c1-10(2)14(9-20-23-13-6-5-11(18)7-12(13)19)26-17-21-15(24-3)8-16(22-17)25-4/h5-10,14,23H,1-4H3/b20-9+. The van der Waals surface area contributed by atoms with Crippen LogP contribution in [-0.4, -0.2) is 35.7 Å². The van der Waals surface area contributed by atoms with E-state index in [2.05, 4.69) is 34.3 Å². The monoisotopic (exact) mass is 414 g/mol. The molecular formula is C17H20Cl2N4O2S. The Kier molecular flexibility index (Phi) is 7.81. The number of thioether (sulfide) groups is 1. The maximum Gasteiger partial charge on any atom is 0.220 e. The zero-order chi connectivity index (χ0) is 19.1. The first-order valence-electron chi connectivity index (χ1n) is 7.81. The van der Waals surface area contributed by atoms with Gasteiger partial charge in [-0.25, -0.2) is 0 Å². The van der Waals surface area contributed by atoms with Crippen LogP contribution >= 0.6 is 35.0 Å². The summed E-state index contributed by atoms with van der Waals surface area (Å²) in [4.78, 5) is 8.69. The molecule has 0 saturated heterocycles. The molecule has 6 nitrogen and oxygen atoms in total. The molecule has 0 radical (unpaired) electrons. The Bertz CT molecular complexity index is 752. The molecule has 2 rings (SSSR count). The number of benzene rings is 1. The Hall–Kier alpha value is -1.70. The van der Waals surface area contributed by atoms with E-state index in [9.17, 15) is 0 Å². The summed E-state index contributed by atoms with van der Waals surface area (Å²) in [5.41, 5.74) is 3.61. The summed E-state index contributed by atoms with van der Waals surface area (Å²) >= 11 is 13.5. The Morgan fingerprint density at radius 1 is 1.12 bits per heavy atom. The number of nitrogens with zero attached hydrogens (tertiary/aromatic N) is 3. The van der Waals surface area contributed by atoms with E-state index in [0.29, 0.717) is 38.6 Å². The van der Waals surface area contributed by atoms with Gasteiger partial charge in [0.25, 0.3) is 0 Å². The van der Waals surface area contributed by atoms with Crippen LogP contribution in [0.5, 0.6) is 11.8 Å². The van der Waals surface area contributed by atoms with Gasteiger partial charge in [-0.05, 0) is 24.1 Å². The maximum absolute atomic E-state index is 6.13. The second-order valence-electron chi connectivity index (χ2n) is 5.58. The number of hydrazone groups is 1. The molecule has 1 unspecified atom stereocenters. The molecule has 1 aromatic carbocycles. The topological polar surface area (TPSA) is 68.6 Å². The number of nitrogens with one attached hydrogen (secondary N) is 1. The predicted octanol–water partition coefficient (Wildman–Crippen LogP) is 5.02. The van der Waals surface area contributed by atoms with Gasteiger partial charge in [-0.15, -0.1) is 0 Å². The summed E-state index contributed by atoms with van der Waals surface area (Å²) in [6.45, 7) is 4.19. The van der Waals surface area contributed by atoms with E-state index in [1.54, 1.807) is 44.7 Å². The third-order valence-corrected chi connectivity index (χ3v) is 5.19. The van der Waals surface area contributed by atoms with Crippen molar-refractivity contribution < 1.29 is 9.47 Å². The van der Waals surface area contributed by atoms with Crippen molar-refractivity contribution in [3.63, 3.8) is 0 Å². The van der Waals surface area contributed by atoms with Gasteiger partial charge in [-0.1, -0.05) is 48.8 Å². The zero-order valence-electron chi connectivity index (χ0n) is 14.9. The summed E-state index contributed by atoms with van der Waals surface area (Å²) in [6.07, 6.45) is 1.80. The molecule has 1 N–H and O–H groups in total. The molecule has 140 valence electrons. The van der Waals surface area contributed by atoms with Crippen molar-refractivity contribution >= 4 is 46.9 Å². The van der Waals surface area contributed by atoms with Crippen molar-refractivity contribution in [1.29, 1.82) is 0 Å². The molecule has 0 fully saturated rings. The molecule has 0 amide bonds. The highest BCUT2D eigenvalue weighted by Gasteiger charge is 2.16. The van der Waals surface area contributed by atoms with Crippen LogP contribution in [0, 0.1) is 5.92 Å². The molecule has 1 aromatic heterocycles. The van der Waals surface area contributed by atoms with Crippen LogP contribution in [0.2, 0.25) is 10.0 Å². The minimum Gasteiger partial charge on any atom is -0.481 e. The number of anilines is 1. The van der Waals surface area contributed by atoms with Crippen LogP contribution in [0.25, 0.3) is 0 Å². The van der Waals surface area contributed by atoms with Crippen molar-refractivity contribution in [1.82, 2.24) is 9.97 Å². The molecule has 9 heteroatoms. The van der Waals surface area contributed by atoms with Gasteiger partial charge in [-0.3, -0.25) is 5.43 Å². The van der Waals surface area contributed by atoms with Crippen molar-refractivity contribution in [2.24, 2.45) is 11.0 Å². The first-order chi connectivity index (χ1) is 12.4. The third-order valence-electron chi connectivity index (χ3n) is 3.31. The van der Waals surface area contributed by atoms with Gasteiger partial charge in [-0.2, -0.15) is 15.1 Å². The summed E-state index contributed by atoms with van der Waals surface area (Å²) < 4.78 is 10.4. The van der Waals surface area contributed by atoms with Gasteiger partial charge in [0.1, 0.15) is 0 Å². The fourth-order valence-electron chi connectivity index (χ4n) is 1.87. The Labute approximate surface area is 167 Å². The minimum atomic E-state index is 0.0328. The largest absolute Gasteiger partial charge is 0.481 e. The van der Waals surface area contributed by atoms with E-state index in [1.807, 2.05) is 0 Å². The fourth-order valence-corrected chi connectivity index (χ4v) is 3.24. The molecular weight excluding hydrogens is 395 g/mol. The molecule has 0 aliphatic heterocycles. The van der Waals surface area contributed by atoms with Gasteiger partial charge in [0.2, 0.25) is 11.8 Å². The van der Waals surface area contributed by atoms with E-state index in [-0.39, 0.29) is 5.25 Å². The van der Waals surface area contributed by atoms with Gasteiger partial charge in [0.05, 0.1) is 36.2 Å². The lowest BCUT2D eigenvalue weighted by Gasteiger charge is -2.15. The second-order valence-corrected chi connectivity index (χ2v) is 7.56. The van der Waals surface area contributed by atoms with E-state index < -0.39 is 0 Å². The van der Waals surface area contributed by atoms with E-state index in [4.69, 9.17) is 32.7 Å². The molecule has 1 heterocycles. The van der Waals surface area contributed by atoms with Crippen molar-refractivity contribution in [2.45, 2.75) is 24.3 Å². The lowest BCUT2D eigenvalue weighted by atomic mass is 10.1. The maximum atomic E-state index is 6.13. The lowest BCUT2D eigenvalue weighted by molar-refractivity contribution is 0.364. The van der Waals surface area contributed by atoms with Crippen molar-refractivity contribution in [3.05, 3.63) is 34.3 Å². The van der Waals surface area contributed by atoms with Gasteiger partial charge >= 0.3 is 0 Å². The highest BCUT2D eigenvalue weighted by Crippen LogP contribution is 2.28. The normalized spacial score (nSPS) is 12.4. The van der Waals surface area contributed by atoms with E-state index >= 15 is 0 Å². The average molecular weight is 415 g/mol. The number of halogens is 2. The highest BCUT2D eigenvalue weighted by molar-refractivity contribution is 8.00. The molecule has 0 aliphatic rings. The van der Waals surface area contributed by atoms with Crippen molar-refractivity contribution in [2.75, 3.05) is 19.6 Å². The molecule has 2 aromatic rings. The Balaban J connectivity index is 2.11. The zero-order valence-corrected chi connectivity index (χ0v) is 17.2. The van der Waals surface area contributed by atoms with Gasteiger partial charge < -0.3 is 9.47 Å². The van der Waals surface area contributed by atoms with Crippen LogP contribution in [0.1, 0.15) is 13.8 Å². The number of rotatable bonds is 8. The number of methoxy groups -OCH3 is 2.